The number of carbonyl (C=O) groups is 1. The van der Waals surface area contributed by atoms with E-state index in [9.17, 15) is 4.79 Å². The van der Waals surface area contributed by atoms with Crippen molar-refractivity contribution in [2.24, 2.45) is 0 Å². The summed E-state index contributed by atoms with van der Waals surface area (Å²) in [6.45, 7) is 10.7. The monoisotopic (exact) mass is 436 g/mol. The summed E-state index contributed by atoms with van der Waals surface area (Å²) in [6, 6.07) is 15.9. The van der Waals surface area contributed by atoms with Crippen LogP contribution in [0.15, 0.2) is 66.3 Å². The summed E-state index contributed by atoms with van der Waals surface area (Å²) < 4.78 is 7.88. The third-order valence-electron chi connectivity index (χ3n) is 4.80. The Kier molecular flexibility index (Phi) is 7.89. The average molecular weight is 437 g/mol. The maximum atomic E-state index is 12.4. The quantitative estimate of drug-likeness (QED) is 0.371. The second kappa shape index (κ2) is 10.8. The maximum Gasteiger partial charge on any atom is 0.230 e. The van der Waals surface area contributed by atoms with Gasteiger partial charge < -0.3 is 10.1 Å². The van der Waals surface area contributed by atoms with E-state index in [-0.39, 0.29) is 17.7 Å². The number of hydrogen-bond donors (Lipinski definition) is 1. The number of thioether (sulfide) groups is 1. The van der Waals surface area contributed by atoms with Crippen molar-refractivity contribution in [1.82, 2.24) is 20.1 Å². The molecule has 1 amide bonds. The molecule has 0 saturated heterocycles. The highest BCUT2D eigenvalue weighted by Gasteiger charge is 2.16. The molecule has 1 N–H and O–H groups in total. The molecule has 0 bridgehead atoms. The van der Waals surface area contributed by atoms with Gasteiger partial charge in [-0.3, -0.25) is 9.36 Å². The molecule has 0 aliphatic heterocycles. The van der Waals surface area contributed by atoms with Gasteiger partial charge in [-0.15, -0.1) is 16.8 Å². The van der Waals surface area contributed by atoms with Gasteiger partial charge in [-0.25, -0.2) is 0 Å². The lowest BCUT2D eigenvalue weighted by atomic mass is 10.1. The Balaban J connectivity index is 1.60. The zero-order valence-corrected chi connectivity index (χ0v) is 19.0. The molecule has 3 rings (SSSR count). The van der Waals surface area contributed by atoms with Crippen molar-refractivity contribution in [3.63, 3.8) is 0 Å². The van der Waals surface area contributed by atoms with E-state index in [4.69, 9.17) is 4.74 Å². The predicted octanol–water partition coefficient (Wildman–Crippen LogP) is 4.63. The number of aryl methyl sites for hydroxylation is 2. The van der Waals surface area contributed by atoms with Crippen LogP contribution in [-0.2, 0) is 17.9 Å². The van der Waals surface area contributed by atoms with E-state index in [1.807, 2.05) is 60.9 Å². The molecule has 31 heavy (non-hydrogen) atoms. The van der Waals surface area contributed by atoms with Gasteiger partial charge in [0.05, 0.1) is 11.8 Å². The number of carbonyl (C=O) groups excluding carboxylic acids is 1. The molecule has 0 aliphatic rings. The lowest BCUT2D eigenvalue weighted by molar-refractivity contribution is -0.119. The van der Waals surface area contributed by atoms with Gasteiger partial charge in [0.1, 0.15) is 12.4 Å². The first-order valence-electron chi connectivity index (χ1n) is 10.2. The van der Waals surface area contributed by atoms with Crippen LogP contribution in [0.25, 0.3) is 0 Å². The van der Waals surface area contributed by atoms with E-state index in [2.05, 4.69) is 35.1 Å². The third-order valence-corrected chi connectivity index (χ3v) is 5.77. The van der Waals surface area contributed by atoms with Crippen molar-refractivity contribution in [2.45, 2.75) is 45.1 Å². The molecule has 162 valence electrons. The standard InChI is InChI=1S/C24H28N4O2S/c1-5-13-28-22(15-30-21-12-11-17(2)14-18(21)3)26-27-24(28)31-16-23(29)25-19(4)20-9-7-6-8-10-20/h5-12,14,19H,1,13,15-16H2,2-4H3,(H,25,29). The second-order valence-corrected chi connectivity index (χ2v) is 8.29. The van der Waals surface area contributed by atoms with Crippen LogP contribution in [0.4, 0.5) is 0 Å². The number of hydrogen-bond acceptors (Lipinski definition) is 5. The summed E-state index contributed by atoms with van der Waals surface area (Å²) in [4.78, 5) is 12.4. The predicted molar refractivity (Wildman–Crippen MR) is 124 cm³/mol. The van der Waals surface area contributed by atoms with Crippen LogP contribution in [0.3, 0.4) is 0 Å². The SMILES string of the molecule is C=CCn1c(COc2ccc(C)cc2C)nnc1SCC(=O)NC(C)c1ccccc1. The minimum Gasteiger partial charge on any atom is -0.485 e. The molecule has 1 aromatic heterocycles. The van der Waals surface area contributed by atoms with Gasteiger partial charge in [0.15, 0.2) is 11.0 Å². The van der Waals surface area contributed by atoms with Crippen molar-refractivity contribution in [3.8, 4) is 5.75 Å². The summed E-state index contributed by atoms with van der Waals surface area (Å²) in [7, 11) is 0. The fourth-order valence-electron chi connectivity index (χ4n) is 3.19. The molecule has 0 aliphatic carbocycles. The van der Waals surface area contributed by atoms with E-state index in [0.29, 0.717) is 24.1 Å². The molecule has 1 heterocycles. The van der Waals surface area contributed by atoms with Gasteiger partial charge in [-0.1, -0.05) is 65.9 Å². The van der Waals surface area contributed by atoms with Crippen LogP contribution in [0, 0.1) is 13.8 Å². The zero-order valence-electron chi connectivity index (χ0n) is 18.2. The first kappa shape index (κ1) is 22.6. The van der Waals surface area contributed by atoms with E-state index in [1.54, 1.807) is 6.08 Å². The number of benzene rings is 2. The van der Waals surface area contributed by atoms with E-state index < -0.39 is 0 Å². The average Bonchev–Trinajstić information content (AvgIpc) is 3.14. The van der Waals surface area contributed by atoms with Crippen molar-refractivity contribution in [1.29, 1.82) is 0 Å². The van der Waals surface area contributed by atoms with Crippen LogP contribution in [0.1, 0.15) is 35.5 Å². The molecule has 0 spiro atoms. The van der Waals surface area contributed by atoms with Crippen LogP contribution in [-0.4, -0.2) is 26.4 Å². The van der Waals surface area contributed by atoms with Gasteiger partial charge in [0, 0.05) is 6.54 Å². The van der Waals surface area contributed by atoms with Crippen LogP contribution in [0.2, 0.25) is 0 Å². The third kappa shape index (κ3) is 6.21. The molecule has 3 aromatic rings. The number of allylic oxidation sites excluding steroid dienone is 1. The molecule has 1 atom stereocenters. The lowest BCUT2D eigenvalue weighted by Gasteiger charge is -2.14. The lowest BCUT2D eigenvalue weighted by Crippen LogP contribution is -2.28. The molecule has 0 saturated carbocycles. The Bertz CT molecular complexity index is 1030. The number of nitrogens with zero attached hydrogens (tertiary/aromatic N) is 3. The fourth-order valence-corrected chi connectivity index (χ4v) is 3.96. The highest BCUT2D eigenvalue weighted by Crippen LogP contribution is 2.22. The summed E-state index contributed by atoms with van der Waals surface area (Å²) >= 11 is 1.35. The summed E-state index contributed by atoms with van der Waals surface area (Å²) in [5.41, 5.74) is 3.34. The Hall–Kier alpha value is -3.06. The maximum absolute atomic E-state index is 12.4. The molecule has 2 aromatic carbocycles. The van der Waals surface area contributed by atoms with Crippen molar-refractivity contribution >= 4 is 17.7 Å². The summed E-state index contributed by atoms with van der Waals surface area (Å²) in [5.74, 6) is 1.72. The van der Waals surface area contributed by atoms with Gasteiger partial charge >= 0.3 is 0 Å². The summed E-state index contributed by atoms with van der Waals surface area (Å²) in [5, 5.41) is 12.2. The minimum atomic E-state index is -0.0537. The zero-order chi connectivity index (χ0) is 22.2. The van der Waals surface area contributed by atoms with Crippen LogP contribution >= 0.6 is 11.8 Å². The molecule has 6 nitrogen and oxygen atoms in total. The normalized spacial score (nSPS) is 11.7. The largest absolute Gasteiger partial charge is 0.485 e. The van der Waals surface area contributed by atoms with Gasteiger partial charge in [-0.2, -0.15) is 0 Å². The Morgan fingerprint density at radius 1 is 1.23 bits per heavy atom. The molecular formula is C24H28N4O2S. The topological polar surface area (TPSA) is 69.0 Å². The number of aromatic nitrogens is 3. The van der Waals surface area contributed by atoms with Crippen molar-refractivity contribution < 1.29 is 9.53 Å². The fraction of sp³-hybridized carbons (Fsp3) is 0.292. The highest BCUT2D eigenvalue weighted by molar-refractivity contribution is 7.99. The van der Waals surface area contributed by atoms with Crippen molar-refractivity contribution in [2.75, 3.05) is 5.75 Å². The second-order valence-electron chi connectivity index (χ2n) is 7.34. The van der Waals surface area contributed by atoms with Crippen molar-refractivity contribution in [3.05, 3.63) is 83.7 Å². The number of ether oxygens (including phenoxy) is 1. The van der Waals surface area contributed by atoms with Gasteiger partial charge in [0.2, 0.25) is 5.91 Å². The molecular weight excluding hydrogens is 408 g/mol. The van der Waals surface area contributed by atoms with E-state index in [1.165, 1.54) is 17.3 Å². The molecule has 1 unspecified atom stereocenters. The van der Waals surface area contributed by atoms with E-state index in [0.717, 1.165) is 16.9 Å². The highest BCUT2D eigenvalue weighted by atomic mass is 32.2. The Morgan fingerprint density at radius 3 is 2.71 bits per heavy atom. The molecule has 0 radical (unpaired) electrons. The number of amides is 1. The first-order valence-corrected chi connectivity index (χ1v) is 11.2. The smallest absolute Gasteiger partial charge is 0.230 e. The first-order chi connectivity index (χ1) is 15.0. The van der Waals surface area contributed by atoms with Gasteiger partial charge in [-0.05, 0) is 38.0 Å². The van der Waals surface area contributed by atoms with Crippen LogP contribution < -0.4 is 10.1 Å². The summed E-state index contributed by atoms with van der Waals surface area (Å²) in [6.07, 6.45) is 1.78. The van der Waals surface area contributed by atoms with Gasteiger partial charge in [0.25, 0.3) is 0 Å². The Morgan fingerprint density at radius 2 is 2.00 bits per heavy atom. The molecule has 7 heteroatoms. The van der Waals surface area contributed by atoms with Crippen LogP contribution in [0.5, 0.6) is 5.75 Å². The number of rotatable bonds is 10. The minimum absolute atomic E-state index is 0.0532. The number of nitrogens with one attached hydrogen (secondary N) is 1. The van der Waals surface area contributed by atoms with E-state index >= 15 is 0 Å². The Labute approximate surface area is 187 Å². The molecule has 0 fully saturated rings.